The second kappa shape index (κ2) is 11.2. The molecule has 4 rings (SSSR count). The van der Waals surface area contributed by atoms with Gasteiger partial charge in [-0.05, 0) is 56.0 Å². The van der Waals surface area contributed by atoms with Crippen molar-refractivity contribution in [2.24, 2.45) is 11.5 Å². The lowest BCUT2D eigenvalue weighted by atomic mass is 9.96. The van der Waals surface area contributed by atoms with Crippen LogP contribution in [0.1, 0.15) is 53.7 Å². The first-order valence-corrected chi connectivity index (χ1v) is 12.2. The fraction of sp³-hybridized carbons (Fsp3) is 0.423. The maximum Gasteiger partial charge on any atom is 0.271 e. The third-order valence-electron chi connectivity index (χ3n) is 6.79. The third kappa shape index (κ3) is 4.99. The number of nitrogens with two attached hydrogens (primary N) is 2. The van der Waals surface area contributed by atoms with E-state index in [4.69, 9.17) is 21.6 Å². The number of hydrogen-bond donors (Lipinski definition) is 4. The summed E-state index contributed by atoms with van der Waals surface area (Å²) in [6.45, 7) is 6.74. The summed E-state index contributed by atoms with van der Waals surface area (Å²) in [6, 6.07) is 11.2. The highest BCUT2D eigenvalue weighted by molar-refractivity contribution is 6.03. The van der Waals surface area contributed by atoms with Gasteiger partial charge in [-0.1, -0.05) is 18.2 Å². The Morgan fingerprint density at radius 3 is 2.47 bits per heavy atom. The van der Waals surface area contributed by atoms with E-state index in [1.54, 1.807) is 25.1 Å². The number of fused-ring (bicyclic) bond motifs is 1. The summed E-state index contributed by atoms with van der Waals surface area (Å²) < 4.78 is 6.05. The number of primary amides is 1. The van der Waals surface area contributed by atoms with E-state index in [-0.39, 0.29) is 43.7 Å². The molecular weight excluding hydrogens is 480 g/mol. The second-order valence-electron chi connectivity index (χ2n) is 9.00. The van der Waals surface area contributed by atoms with Crippen LogP contribution in [0.4, 0.5) is 11.4 Å². The largest absolute Gasteiger partial charge is 0.385 e. The van der Waals surface area contributed by atoms with Crippen LogP contribution < -0.4 is 21.7 Å². The van der Waals surface area contributed by atoms with Gasteiger partial charge in [0.05, 0.1) is 6.54 Å². The Bertz CT molecular complexity index is 1150. The Kier molecular flexibility index (Phi) is 8.47. The Morgan fingerprint density at radius 1 is 1.14 bits per heavy atom. The molecule has 2 aliphatic heterocycles. The quantitative estimate of drug-likeness (QED) is 0.284. The van der Waals surface area contributed by atoms with Crippen LogP contribution in [0.2, 0.25) is 0 Å². The number of amides is 2. The van der Waals surface area contributed by atoms with Gasteiger partial charge < -0.3 is 26.4 Å². The molecule has 6 N–H and O–H groups in total. The summed E-state index contributed by atoms with van der Waals surface area (Å²) in [6.07, 6.45) is 2.35. The number of nitrogens with one attached hydrogen (secondary N) is 2. The zero-order chi connectivity index (χ0) is 25.2. The molecule has 0 saturated carbocycles. The lowest BCUT2D eigenvalue weighted by molar-refractivity contribution is -0.168. The molecule has 2 aromatic rings. The molecule has 0 aromatic heterocycles. The number of amidine groups is 1. The van der Waals surface area contributed by atoms with Gasteiger partial charge in [-0.15, -0.1) is 12.4 Å². The van der Waals surface area contributed by atoms with E-state index in [2.05, 4.69) is 10.2 Å². The van der Waals surface area contributed by atoms with E-state index >= 15 is 0 Å². The minimum atomic E-state index is -1.67. The maximum absolute atomic E-state index is 13.7. The normalized spacial score (nSPS) is 16.3. The zero-order valence-corrected chi connectivity index (χ0v) is 21.6. The minimum Gasteiger partial charge on any atom is -0.385 e. The van der Waals surface area contributed by atoms with Crippen LogP contribution in [0.3, 0.4) is 0 Å². The van der Waals surface area contributed by atoms with Gasteiger partial charge in [0.1, 0.15) is 5.84 Å². The predicted molar refractivity (Wildman–Crippen MR) is 144 cm³/mol. The number of ether oxygens (including phenoxy) is 1. The molecular formula is C26H35ClN6O3. The van der Waals surface area contributed by atoms with Gasteiger partial charge >= 0.3 is 0 Å². The van der Waals surface area contributed by atoms with Gasteiger partial charge in [-0.2, -0.15) is 0 Å². The summed E-state index contributed by atoms with van der Waals surface area (Å²) in [5.74, 6) is -1.04. The summed E-state index contributed by atoms with van der Waals surface area (Å²) in [5.41, 5.74) is 14.5. The number of benzene rings is 2. The fourth-order valence-electron chi connectivity index (χ4n) is 5.02. The smallest absolute Gasteiger partial charge is 0.271 e. The molecule has 0 bridgehead atoms. The number of nitrogens with zero attached hydrogens (tertiary/aromatic N) is 2. The minimum absolute atomic E-state index is 0. The van der Waals surface area contributed by atoms with Gasteiger partial charge in [0.15, 0.2) is 0 Å². The number of nitrogen functional groups attached to an aromatic ring is 1. The molecule has 0 spiro atoms. The number of anilines is 2. The van der Waals surface area contributed by atoms with Gasteiger partial charge in [-0.3, -0.25) is 19.9 Å². The van der Waals surface area contributed by atoms with Crippen LogP contribution in [0.15, 0.2) is 36.4 Å². The maximum atomic E-state index is 13.7. The second-order valence-corrected chi connectivity index (χ2v) is 9.00. The number of halogens is 1. The van der Waals surface area contributed by atoms with Crippen LogP contribution in [0.5, 0.6) is 0 Å². The highest BCUT2D eigenvalue weighted by Crippen LogP contribution is 2.36. The van der Waals surface area contributed by atoms with E-state index in [9.17, 15) is 9.59 Å². The van der Waals surface area contributed by atoms with Crippen molar-refractivity contribution < 1.29 is 14.3 Å². The Morgan fingerprint density at radius 2 is 1.86 bits per heavy atom. The van der Waals surface area contributed by atoms with Crippen molar-refractivity contribution in [3.8, 4) is 0 Å². The number of carbonyl (C=O) groups excluding carboxylic acids is 2. The third-order valence-corrected chi connectivity index (χ3v) is 6.79. The van der Waals surface area contributed by atoms with Crippen molar-refractivity contribution in [3.63, 3.8) is 0 Å². The van der Waals surface area contributed by atoms with E-state index in [0.29, 0.717) is 23.4 Å². The van der Waals surface area contributed by atoms with Crippen molar-refractivity contribution in [2.75, 3.05) is 36.5 Å². The van der Waals surface area contributed by atoms with E-state index in [0.717, 1.165) is 42.7 Å². The Balaban J connectivity index is 0.00000361. The molecule has 9 nitrogen and oxygen atoms in total. The molecule has 2 aliphatic rings. The van der Waals surface area contributed by atoms with Gasteiger partial charge in [0.2, 0.25) is 5.72 Å². The van der Waals surface area contributed by atoms with E-state index in [1.807, 2.05) is 25.1 Å². The summed E-state index contributed by atoms with van der Waals surface area (Å²) in [5, 5.41) is 11.0. The SMILES string of the molecule is CCNc1cc(C(=N)N)ccc1CC(OCC)(C(N)=O)N1Cc2ccc(N3CCCC3)cc2C1=O.Cl. The Labute approximate surface area is 218 Å². The first-order valence-electron chi connectivity index (χ1n) is 12.2. The van der Waals surface area contributed by atoms with Crippen LogP contribution in [-0.2, 0) is 22.5 Å². The first-order chi connectivity index (χ1) is 16.8. The molecule has 1 unspecified atom stereocenters. The average molecular weight is 515 g/mol. The van der Waals surface area contributed by atoms with Crippen LogP contribution >= 0.6 is 12.4 Å². The molecule has 2 aromatic carbocycles. The first kappa shape index (κ1) is 27.3. The number of carbonyl (C=O) groups is 2. The van der Waals surface area contributed by atoms with Gasteiger partial charge in [-0.25, -0.2) is 0 Å². The monoisotopic (exact) mass is 514 g/mol. The van der Waals surface area contributed by atoms with Crippen LogP contribution in [0, 0.1) is 5.41 Å². The van der Waals surface area contributed by atoms with Gasteiger partial charge in [0, 0.05) is 55.2 Å². The van der Waals surface area contributed by atoms with Crippen molar-refractivity contribution in [1.82, 2.24) is 4.90 Å². The molecule has 0 aliphatic carbocycles. The predicted octanol–water partition coefficient (Wildman–Crippen LogP) is 2.84. The van der Waals surface area contributed by atoms with Crippen molar-refractivity contribution in [2.45, 2.75) is 45.4 Å². The molecule has 194 valence electrons. The topological polar surface area (TPSA) is 138 Å². The van der Waals surface area contributed by atoms with E-state index < -0.39 is 11.6 Å². The lowest BCUT2D eigenvalue weighted by Crippen LogP contribution is -2.61. The average Bonchev–Trinajstić information content (AvgIpc) is 3.48. The highest BCUT2D eigenvalue weighted by Gasteiger charge is 2.50. The van der Waals surface area contributed by atoms with E-state index in [1.165, 1.54) is 4.90 Å². The van der Waals surface area contributed by atoms with Crippen molar-refractivity contribution >= 4 is 41.4 Å². The molecule has 0 radical (unpaired) electrons. The molecule has 1 fully saturated rings. The Hall–Kier alpha value is -3.30. The molecule has 1 saturated heterocycles. The molecule has 36 heavy (non-hydrogen) atoms. The zero-order valence-electron chi connectivity index (χ0n) is 20.8. The van der Waals surface area contributed by atoms with Crippen molar-refractivity contribution in [3.05, 3.63) is 58.7 Å². The number of hydrogen-bond acceptors (Lipinski definition) is 6. The fourth-order valence-corrected chi connectivity index (χ4v) is 5.02. The number of rotatable bonds is 10. The van der Waals surface area contributed by atoms with Gasteiger partial charge in [0.25, 0.3) is 11.8 Å². The van der Waals surface area contributed by atoms with Crippen LogP contribution in [0.25, 0.3) is 0 Å². The standard InChI is InChI=1S/C26H34N6O3.ClH/c1-3-30-22-13-17(23(27)28)7-8-18(22)15-26(25(29)34,35-4-2)32-16-19-9-10-20(14-21(19)24(32)33)31-11-5-6-12-31;/h7-10,13-14,30H,3-6,11-12,15-16H2,1-2H3,(H3,27,28)(H2,29,34);1H. The molecule has 2 amide bonds. The summed E-state index contributed by atoms with van der Waals surface area (Å²) in [4.78, 5) is 30.5. The summed E-state index contributed by atoms with van der Waals surface area (Å²) in [7, 11) is 0. The molecule has 2 heterocycles. The molecule has 1 atom stereocenters. The summed E-state index contributed by atoms with van der Waals surface area (Å²) >= 11 is 0. The highest BCUT2D eigenvalue weighted by atomic mass is 35.5. The molecule has 10 heteroatoms. The van der Waals surface area contributed by atoms with Crippen molar-refractivity contribution in [1.29, 1.82) is 5.41 Å². The lowest BCUT2D eigenvalue weighted by Gasteiger charge is -2.39. The van der Waals surface area contributed by atoms with Crippen LogP contribution in [-0.4, -0.2) is 54.5 Å².